The molecule has 1 aliphatic rings. The summed E-state index contributed by atoms with van der Waals surface area (Å²) in [6.45, 7) is 2.51. The molecule has 0 radical (unpaired) electrons. The number of nitrogens with zero attached hydrogens (tertiary/aromatic N) is 5. The van der Waals surface area contributed by atoms with Crippen molar-refractivity contribution >= 4 is 23.2 Å². The van der Waals surface area contributed by atoms with Gasteiger partial charge >= 0.3 is 0 Å². The molecule has 8 heteroatoms. The summed E-state index contributed by atoms with van der Waals surface area (Å²) in [5, 5.41) is 3.07. The van der Waals surface area contributed by atoms with E-state index in [0.717, 1.165) is 0 Å². The van der Waals surface area contributed by atoms with Crippen LogP contribution < -0.4 is 10.2 Å². The van der Waals surface area contributed by atoms with Gasteiger partial charge in [0.15, 0.2) is 0 Å². The first kappa shape index (κ1) is 17.8. The summed E-state index contributed by atoms with van der Waals surface area (Å²) in [4.78, 5) is 29.4. The van der Waals surface area contributed by atoms with Crippen LogP contribution in [0.5, 0.6) is 0 Å². The van der Waals surface area contributed by atoms with Crippen LogP contribution in [0.2, 0.25) is 0 Å². The summed E-state index contributed by atoms with van der Waals surface area (Å²) in [7, 11) is 0. The minimum absolute atomic E-state index is 0.0796. The second kappa shape index (κ2) is 7.99. The van der Waals surface area contributed by atoms with Crippen molar-refractivity contribution < 1.29 is 9.18 Å². The summed E-state index contributed by atoms with van der Waals surface area (Å²) in [5.74, 6) is 0.270. The first-order valence-corrected chi connectivity index (χ1v) is 8.98. The third kappa shape index (κ3) is 4.06. The van der Waals surface area contributed by atoms with Crippen molar-refractivity contribution in [3.05, 3.63) is 72.6 Å². The van der Waals surface area contributed by atoms with Gasteiger partial charge in [-0.1, -0.05) is 6.07 Å². The number of benzene rings is 1. The van der Waals surface area contributed by atoms with Crippen LogP contribution in [0.15, 0.2) is 61.2 Å². The number of aromatic nitrogens is 3. The van der Waals surface area contributed by atoms with Gasteiger partial charge in [0.25, 0.3) is 5.91 Å². The van der Waals surface area contributed by atoms with Gasteiger partial charge in [0, 0.05) is 50.5 Å². The summed E-state index contributed by atoms with van der Waals surface area (Å²) in [6, 6.07) is 9.65. The van der Waals surface area contributed by atoms with Crippen LogP contribution in [0.3, 0.4) is 0 Å². The molecule has 0 unspecified atom stereocenters. The highest BCUT2D eigenvalue weighted by molar-refractivity contribution is 5.95. The Morgan fingerprint density at radius 2 is 1.75 bits per heavy atom. The van der Waals surface area contributed by atoms with Crippen molar-refractivity contribution in [3.8, 4) is 0 Å². The number of halogens is 1. The lowest BCUT2D eigenvalue weighted by Crippen LogP contribution is -2.49. The smallest absolute Gasteiger partial charge is 0.255 e. The average molecular weight is 378 g/mol. The van der Waals surface area contributed by atoms with Crippen molar-refractivity contribution in [2.45, 2.75) is 0 Å². The van der Waals surface area contributed by atoms with Crippen LogP contribution in [-0.2, 0) is 0 Å². The largest absolute Gasteiger partial charge is 0.354 e. The van der Waals surface area contributed by atoms with Gasteiger partial charge in [0.05, 0.1) is 17.4 Å². The second-order valence-electron chi connectivity index (χ2n) is 6.43. The van der Waals surface area contributed by atoms with Crippen LogP contribution in [0.4, 0.5) is 21.7 Å². The zero-order valence-corrected chi connectivity index (χ0v) is 15.1. The highest BCUT2D eigenvalue weighted by Gasteiger charge is 2.23. The molecule has 1 aromatic carbocycles. The molecule has 3 aromatic rings. The molecule has 1 amide bonds. The van der Waals surface area contributed by atoms with Gasteiger partial charge in [0.2, 0.25) is 5.95 Å². The molecule has 0 aliphatic carbocycles. The molecule has 0 atom stereocenters. The molecule has 142 valence electrons. The SMILES string of the molecule is O=C(c1cncc(Nc2cccc(F)c2)c1)N1CCN(c2ncccn2)CC1. The lowest BCUT2D eigenvalue weighted by Gasteiger charge is -2.34. The molecule has 0 bridgehead atoms. The third-order valence-corrected chi connectivity index (χ3v) is 4.50. The van der Waals surface area contributed by atoms with Gasteiger partial charge in [0.1, 0.15) is 5.82 Å². The molecule has 1 aliphatic heterocycles. The van der Waals surface area contributed by atoms with Crippen molar-refractivity contribution in [3.63, 3.8) is 0 Å². The second-order valence-corrected chi connectivity index (χ2v) is 6.43. The number of hydrogen-bond acceptors (Lipinski definition) is 6. The molecule has 0 saturated carbocycles. The zero-order chi connectivity index (χ0) is 19.3. The molecular formula is C20H19FN6O. The van der Waals surface area contributed by atoms with E-state index in [4.69, 9.17) is 0 Å². The van der Waals surface area contributed by atoms with E-state index in [2.05, 4.69) is 25.2 Å². The van der Waals surface area contributed by atoms with E-state index in [9.17, 15) is 9.18 Å². The van der Waals surface area contributed by atoms with Crippen molar-refractivity contribution in [2.75, 3.05) is 36.4 Å². The maximum atomic E-state index is 13.3. The van der Waals surface area contributed by atoms with Gasteiger partial charge in [-0.3, -0.25) is 9.78 Å². The van der Waals surface area contributed by atoms with E-state index in [0.29, 0.717) is 49.1 Å². The molecule has 2 aromatic heterocycles. The number of anilines is 3. The standard InChI is InChI=1S/C20H19FN6O/c21-16-3-1-4-17(12-16)25-18-11-15(13-22-14-18)19(28)26-7-9-27(10-8-26)20-23-5-2-6-24-20/h1-6,11-14,25H,7-10H2. The summed E-state index contributed by atoms with van der Waals surface area (Å²) in [6.07, 6.45) is 6.57. The summed E-state index contributed by atoms with van der Waals surface area (Å²) >= 11 is 0. The molecule has 0 spiro atoms. The van der Waals surface area contributed by atoms with E-state index in [1.165, 1.54) is 12.1 Å². The molecule has 3 heterocycles. The van der Waals surface area contributed by atoms with E-state index in [1.54, 1.807) is 54.0 Å². The maximum absolute atomic E-state index is 13.3. The van der Waals surface area contributed by atoms with E-state index in [1.807, 2.05) is 0 Å². The first-order valence-electron chi connectivity index (χ1n) is 8.98. The number of hydrogen-bond donors (Lipinski definition) is 1. The maximum Gasteiger partial charge on any atom is 0.255 e. The number of nitrogens with one attached hydrogen (secondary N) is 1. The van der Waals surface area contributed by atoms with Crippen LogP contribution in [0, 0.1) is 5.82 Å². The molecule has 1 N–H and O–H groups in total. The van der Waals surface area contributed by atoms with Gasteiger partial charge in [-0.05, 0) is 30.3 Å². The number of amides is 1. The lowest BCUT2D eigenvalue weighted by molar-refractivity contribution is 0.0746. The summed E-state index contributed by atoms with van der Waals surface area (Å²) in [5.41, 5.74) is 1.72. The van der Waals surface area contributed by atoms with Crippen LogP contribution in [-0.4, -0.2) is 51.9 Å². The molecule has 28 heavy (non-hydrogen) atoms. The quantitative estimate of drug-likeness (QED) is 0.753. The van der Waals surface area contributed by atoms with Crippen molar-refractivity contribution in [1.82, 2.24) is 19.9 Å². The lowest BCUT2D eigenvalue weighted by atomic mass is 10.2. The third-order valence-electron chi connectivity index (χ3n) is 4.50. The number of carbonyl (C=O) groups is 1. The fourth-order valence-corrected chi connectivity index (χ4v) is 3.10. The predicted molar refractivity (Wildman–Crippen MR) is 104 cm³/mol. The number of pyridine rings is 1. The highest BCUT2D eigenvalue weighted by Crippen LogP contribution is 2.19. The minimum atomic E-state index is -0.328. The highest BCUT2D eigenvalue weighted by atomic mass is 19.1. The van der Waals surface area contributed by atoms with E-state index in [-0.39, 0.29) is 11.7 Å². The zero-order valence-electron chi connectivity index (χ0n) is 15.1. The van der Waals surface area contributed by atoms with Gasteiger partial charge < -0.3 is 15.1 Å². The number of carbonyl (C=O) groups excluding carboxylic acids is 1. The molecular weight excluding hydrogens is 359 g/mol. The first-order chi connectivity index (χ1) is 13.7. The Hall–Kier alpha value is -3.55. The monoisotopic (exact) mass is 378 g/mol. The Balaban J connectivity index is 1.41. The molecule has 4 rings (SSSR count). The molecule has 1 fully saturated rings. The Morgan fingerprint density at radius 3 is 2.50 bits per heavy atom. The van der Waals surface area contributed by atoms with E-state index >= 15 is 0 Å². The fourth-order valence-electron chi connectivity index (χ4n) is 3.10. The van der Waals surface area contributed by atoms with E-state index < -0.39 is 0 Å². The Morgan fingerprint density at radius 1 is 0.964 bits per heavy atom. The van der Waals surface area contributed by atoms with Gasteiger partial charge in [-0.25, -0.2) is 14.4 Å². The predicted octanol–water partition coefficient (Wildman–Crippen LogP) is 2.72. The van der Waals surface area contributed by atoms with Crippen LogP contribution in [0.1, 0.15) is 10.4 Å². The van der Waals surface area contributed by atoms with Crippen LogP contribution >= 0.6 is 0 Å². The summed E-state index contributed by atoms with van der Waals surface area (Å²) < 4.78 is 13.3. The average Bonchev–Trinajstić information content (AvgIpc) is 2.74. The van der Waals surface area contributed by atoms with Crippen LogP contribution in [0.25, 0.3) is 0 Å². The number of piperazine rings is 1. The van der Waals surface area contributed by atoms with Crippen molar-refractivity contribution in [1.29, 1.82) is 0 Å². The fraction of sp³-hybridized carbons (Fsp3) is 0.200. The Bertz CT molecular complexity index is 960. The minimum Gasteiger partial charge on any atom is -0.354 e. The topological polar surface area (TPSA) is 74.2 Å². The molecule has 7 nitrogen and oxygen atoms in total. The van der Waals surface area contributed by atoms with Gasteiger partial charge in [-0.2, -0.15) is 0 Å². The molecule has 1 saturated heterocycles. The number of rotatable bonds is 4. The normalized spacial score (nSPS) is 14.0. The Kier molecular flexibility index (Phi) is 5.09. The van der Waals surface area contributed by atoms with Crippen molar-refractivity contribution in [2.24, 2.45) is 0 Å². The van der Waals surface area contributed by atoms with Gasteiger partial charge in [-0.15, -0.1) is 0 Å². The Labute approximate surface area is 161 Å².